The van der Waals surface area contributed by atoms with E-state index in [0.717, 1.165) is 44.8 Å². The minimum absolute atomic E-state index is 0.205. The van der Waals surface area contributed by atoms with Gasteiger partial charge in [-0.15, -0.1) is 11.3 Å². The van der Waals surface area contributed by atoms with Crippen LogP contribution in [0.5, 0.6) is 0 Å². The van der Waals surface area contributed by atoms with E-state index in [1.165, 1.54) is 5.01 Å². The molecule has 0 bridgehead atoms. The quantitative estimate of drug-likeness (QED) is 0.861. The van der Waals surface area contributed by atoms with Crippen LogP contribution in [0.15, 0.2) is 5.38 Å². The van der Waals surface area contributed by atoms with E-state index in [-0.39, 0.29) is 6.09 Å². The monoisotopic (exact) mass is 311 g/mol. The number of aryl methyl sites for hydroxylation is 1. The van der Waals surface area contributed by atoms with Crippen LogP contribution in [-0.2, 0) is 17.7 Å². The van der Waals surface area contributed by atoms with Gasteiger partial charge in [-0.2, -0.15) is 0 Å². The lowest BCUT2D eigenvalue weighted by Crippen LogP contribution is -2.49. The maximum atomic E-state index is 12.0. The average Bonchev–Trinajstić information content (AvgIpc) is 2.85. The summed E-state index contributed by atoms with van der Waals surface area (Å²) < 4.78 is 5.41. The Balaban J connectivity index is 1.79. The molecule has 2 rings (SSSR count). The molecule has 6 heteroatoms. The fourth-order valence-corrected chi connectivity index (χ4v) is 2.96. The molecule has 1 saturated heterocycles. The molecule has 5 nitrogen and oxygen atoms in total. The number of amides is 1. The second-order valence-electron chi connectivity index (χ2n) is 6.33. The van der Waals surface area contributed by atoms with Crippen molar-refractivity contribution in [2.75, 3.05) is 26.2 Å². The minimum Gasteiger partial charge on any atom is -0.444 e. The summed E-state index contributed by atoms with van der Waals surface area (Å²) in [6.45, 7) is 11.9. The lowest BCUT2D eigenvalue weighted by Gasteiger charge is -2.35. The highest BCUT2D eigenvalue weighted by Crippen LogP contribution is 2.15. The molecule has 1 aliphatic rings. The van der Waals surface area contributed by atoms with Gasteiger partial charge in [-0.05, 0) is 27.2 Å². The van der Waals surface area contributed by atoms with Gasteiger partial charge in [0.15, 0.2) is 0 Å². The van der Waals surface area contributed by atoms with Gasteiger partial charge >= 0.3 is 6.09 Å². The molecule has 0 aromatic carbocycles. The molecular weight excluding hydrogens is 286 g/mol. The third-order valence-corrected chi connectivity index (χ3v) is 4.35. The number of ether oxygens (including phenoxy) is 1. The lowest BCUT2D eigenvalue weighted by molar-refractivity contribution is 0.0138. The molecule has 0 saturated carbocycles. The van der Waals surface area contributed by atoms with Crippen molar-refractivity contribution in [3.8, 4) is 0 Å². The van der Waals surface area contributed by atoms with Crippen molar-refractivity contribution < 1.29 is 9.53 Å². The third kappa shape index (κ3) is 4.97. The fraction of sp³-hybridized carbons (Fsp3) is 0.733. The van der Waals surface area contributed by atoms with Crippen molar-refractivity contribution in [2.45, 2.75) is 46.3 Å². The molecule has 1 aliphatic heterocycles. The highest BCUT2D eigenvalue weighted by Gasteiger charge is 2.25. The smallest absolute Gasteiger partial charge is 0.410 e. The Bertz CT molecular complexity index is 474. The normalized spacial score (nSPS) is 17.0. The Morgan fingerprint density at radius 2 is 2.00 bits per heavy atom. The highest BCUT2D eigenvalue weighted by molar-refractivity contribution is 7.09. The van der Waals surface area contributed by atoms with Gasteiger partial charge in [0, 0.05) is 38.1 Å². The van der Waals surface area contributed by atoms with E-state index in [2.05, 4.69) is 22.2 Å². The zero-order valence-electron chi connectivity index (χ0n) is 13.4. The first kappa shape index (κ1) is 16.2. The number of carbonyl (C=O) groups excluding carboxylic acids is 1. The van der Waals surface area contributed by atoms with Gasteiger partial charge in [0.05, 0.1) is 10.7 Å². The van der Waals surface area contributed by atoms with Gasteiger partial charge in [0.25, 0.3) is 0 Å². The van der Waals surface area contributed by atoms with Crippen LogP contribution in [0.2, 0.25) is 0 Å². The molecule has 21 heavy (non-hydrogen) atoms. The summed E-state index contributed by atoms with van der Waals surface area (Å²) >= 11 is 1.73. The number of piperazine rings is 1. The maximum absolute atomic E-state index is 12.0. The average molecular weight is 311 g/mol. The molecule has 1 fully saturated rings. The van der Waals surface area contributed by atoms with E-state index in [4.69, 9.17) is 4.74 Å². The van der Waals surface area contributed by atoms with Gasteiger partial charge in [-0.3, -0.25) is 4.90 Å². The van der Waals surface area contributed by atoms with Crippen LogP contribution in [0, 0.1) is 0 Å². The molecule has 1 aromatic heterocycles. The SMILES string of the molecule is CCc1nc(CN2CCN(C(=O)OC(C)(C)C)CC2)cs1. The zero-order chi connectivity index (χ0) is 15.5. The summed E-state index contributed by atoms with van der Waals surface area (Å²) in [5, 5.41) is 3.33. The maximum Gasteiger partial charge on any atom is 0.410 e. The molecule has 118 valence electrons. The predicted octanol–water partition coefficient (Wildman–Crippen LogP) is 2.76. The minimum atomic E-state index is -0.425. The molecule has 0 radical (unpaired) electrons. The Hall–Kier alpha value is -1.14. The van der Waals surface area contributed by atoms with Gasteiger partial charge in [-0.1, -0.05) is 6.92 Å². The van der Waals surface area contributed by atoms with Gasteiger partial charge < -0.3 is 9.64 Å². The van der Waals surface area contributed by atoms with Crippen LogP contribution < -0.4 is 0 Å². The topological polar surface area (TPSA) is 45.7 Å². The molecule has 0 atom stereocenters. The molecule has 0 spiro atoms. The molecule has 0 aliphatic carbocycles. The summed E-state index contributed by atoms with van der Waals surface area (Å²) in [5.41, 5.74) is 0.716. The first-order chi connectivity index (χ1) is 9.87. The van der Waals surface area contributed by atoms with E-state index in [1.54, 1.807) is 16.2 Å². The number of nitrogens with zero attached hydrogens (tertiary/aromatic N) is 3. The zero-order valence-corrected chi connectivity index (χ0v) is 14.2. The predicted molar refractivity (Wildman–Crippen MR) is 84.6 cm³/mol. The number of hydrogen-bond donors (Lipinski definition) is 0. The second-order valence-corrected chi connectivity index (χ2v) is 7.27. The summed E-state index contributed by atoms with van der Waals surface area (Å²) in [6.07, 6.45) is 0.793. The Labute approximate surface area is 130 Å². The van der Waals surface area contributed by atoms with Crippen LogP contribution in [0.1, 0.15) is 38.4 Å². The fourth-order valence-electron chi connectivity index (χ4n) is 2.23. The largest absolute Gasteiger partial charge is 0.444 e. The molecule has 2 heterocycles. The Morgan fingerprint density at radius 3 is 2.52 bits per heavy atom. The van der Waals surface area contributed by atoms with Crippen molar-refractivity contribution in [3.05, 3.63) is 16.1 Å². The summed E-state index contributed by atoms with van der Waals surface area (Å²) in [5.74, 6) is 0. The molecular formula is C15H25N3O2S. The van der Waals surface area contributed by atoms with Crippen molar-refractivity contribution in [3.63, 3.8) is 0 Å². The standard InChI is InChI=1S/C15H25N3O2S/c1-5-13-16-12(11-21-13)10-17-6-8-18(9-7-17)14(19)20-15(2,3)4/h11H,5-10H2,1-4H3. The number of thiazole rings is 1. The molecule has 0 N–H and O–H groups in total. The summed E-state index contributed by atoms with van der Waals surface area (Å²) in [4.78, 5) is 20.7. The van der Waals surface area contributed by atoms with Crippen LogP contribution >= 0.6 is 11.3 Å². The second kappa shape index (κ2) is 6.75. The third-order valence-electron chi connectivity index (χ3n) is 3.31. The van der Waals surface area contributed by atoms with Crippen LogP contribution in [-0.4, -0.2) is 52.7 Å². The van der Waals surface area contributed by atoms with E-state index >= 15 is 0 Å². The Kier molecular flexibility index (Phi) is 5.22. The van der Waals surface area contributed by atoms with Gasteiger partial charge in [0.2, 0.25) is 0 Å². The first-order valence-corrected chi connectivity index (χ1v) is 8.39. The first-order valence-electron chi connectivity index (χ1n) is 7.51. The lowest BCUT2D eigenvalue weighted by atomic mass is 10.2. The van der Waals surface area contributed by atoms with Crippen molar-refractivity contribution >= 4 is 17.4 Å². The number of rotatable bonds is 3. The summed E-state index contributed by atoms with van der Waals surface area (Å²) in [7, 11) is 0. The molecule has 0 unspecified atom stereocenters. The summed E-state index contributed by atoms with van der Waals surface area (Å²) in [6, 6.07) is 0. The van der Waals surface area contributed by atoms with Crippen LogP contribution in [0.4, 0.5) is 4.79 Å². The number of hydrogen-bond acceptors (Lipinski definition) is 5. The van der Waals surface area contributed by atoms with Gasteiger partial charge in [0.1, 0.15) is 5.60 Å². The van der Waals surface area contributed by atoms with Gasteiger partial charge in [-0.25, -0.2) is 9.78 Å². The molecule has 1 amide bonds. The van der Waals surface area contributed by atoms with E-state index in [1.807, 2.05) is 20.8 Å². The molecule has 1 aromatic rings. The number of aromatic nitrogens is 1. The van der Waals surface area contributed by atoms with Crippen molar-refractivity contribution in [2.24, 2.45) is 0 Å². The van der Waals surface area contributed by atoms with E-state index in [9.17, 15) is 4.79 Å². The highest BCUT2D eigenvalue weighted by atomic mass is 32.1. The van der Waals surface area contributed by atoms with E-state index in [0.29, 0.717) is 0 Å². The van der Waals surface area contributed by atoms with E-state index < -0.39 is 5.60 Å². The Morgan fingerprint density at radius 1 is 1.33 bits per heavy atom. The van der Waals surface area contributed by atoms with Crippen molar-refractivity contribution in [1.29, 1.82) is 0 Å². The van der Waals surface area contributed by atoms with Crippen LogP contribution in [0.3, 0.4) is 0 Å². The number of carbonyl (C=O) groups is 1. The van der Waals surface area contributed by atoms with Crippen LogP contribution in [0.25, 0.3) is 0 Å². The van der Waals surface area contributed by atoms with Crippen molar-refractivity contribution in [1.82, 2.24) is 14.8 Å².